The lowest BCUT2D eigenvalue weighted by atomic mass is 10.2. The van der Waals surface area contributed by atoms with Gasteiger partial charge in [0.1, 0.15) is 0 Å². The maximum Gasteiger partial charge on any atom is 0.289 e. The Kier molecular flexibility index (Phi) is 4.24. The van der Waals surface area contributed by atoms with Gasteiger partial charge in [0.25, 0.3) is 5.91 Å². The van der Waals surface area contributed by atoms with Crippen LogP contribution in [0.4, 0.5) is 0 Å². The largest absolute Gasteiger partial charge is 0.444 e. The molecule has 4 nitrogen and oxygen atoms in total. The first-order chi connectivity index (χ1) is 9.72. The fraction of sp³-hybridized carbons (Fsp3) is 0.357. The standard InChI is InChI=1S/C14H15BrN2O2S/c15-13-2-1-12(19-13)14(18)17-6-4-16(5-7-17)9-11-3-8-20-10-11/h1-3,8,10H,4-7,9H2. The van der Waals surface area contributed by atoms with Crippen molar-refractivity contribution in [3.63, 3.8) is 0 Å². The van der Waals surface area contributed by atoms with Crippen LogP contribution in [0.2, 0.25) is 0 Å². The predicted octanol–water partition coefficient (Wildman–Crippen LogP) is 3.06. The van der Waals surface area contributed by atoms with Crippen LogP contribution in [-0.2, 0) is 6.54 Å². The quantitative estimate of drug-likeness (QED) is 0.849. The van der Waals surface area contributed by atoms with E-state index in [4.69, 9.17) is 4.42 Å². The summed E-state index contributed by atoms with van der Waals surface area (Å²) in [6, 6.07) is 5.62. The summed E-state index contributed by atoms with van der Waals surface area (Å²) in [5, 5.41) is 4.28. The lowest BCUT2D eigenvalue weighted by molar-refractivity contribution is 0.0596. The lowest BCUT2D eigenvalue weighted by Gasteiger charge is -2.34. The van der Waals surface area contributed by atoms with Crippen molar-refractivity contribution in [1.82, 2.24) is 9.80 Å². The molecule has 0 aliphatic carbocycles. The van der Waals surface area contributed by atoms with E-state index in [0.717, 1.165) is 32.7 Å². The first kappa shape index (κ1) is 13.9. The van der Waals surface area contributed by atoms with Crippen LogP contribution in [0.3, 0.4) is 0 Å². The summed E-state index contributed by atoms with van der Waals surface area (Å²) in [6.07, 6.45) is 0. The van der Waals surface area contributed by atoms with Crippen LogP contribution in [0.25, 0.3) is 0 Å². The van der Waals surface area contributed by atoms with Gasteiger partial charge in [-0.2, -0.15) is 11.3 Å². The van der Waals surface area contributed by atoms with Crippen molar-refractivity contribution in [1.29, 1.82) is 0 Å². The van der Waals surface area contributed by atoms with Crippen molar-refractivity contribution in [3.8, 4) is 0 Å². The zero-order chi connectivity index (χ0) is 13.9. The fourth-order valence-corrected chi connectivity index (χ4v) is 3.30. The second kappa shape index (κ2) is 6.11. The molecule has 106 valence electrons. The molecule has 0 unspecified atom stereocenters. The third kappa shape index (κ3) is 3.13. The van der Waals surface area contributed by atoms with Gasteiger partial charge in [-0.25, -0.2) is 0 Å². The van der Waals surface area contributed by atoms with Crippen LogP contribution in [-0.4, -0.2) is 41.9 Å². The van der Waals surface area contributed by atoms with Gasteiger partial charge < -0.3 is 9.32 Å². The molecule has 1 aliphatic rings. The molecular weight excluding hydrogens is 340 g/mol. The number of furan rings is 1. The number of thiophene rings is 1. The highest BCUT2D eigenvalue weighted by Gasteiger charge is 2.24. The number of carbonyl (C=O) groups excluding carboxylic acids is 1. The highest BCUT2D eigenvalue weighted by Crippen LogP contribution is 2.17. The van der Waals surface area contributed by atoms with Gasteiger partial charge in [-0.1, -0.05) is 0 Å². The van der Waals surface area contributed by atoms with Gasteiger partial charge >= 0.3 is 0 Å². The van der Waals surface area contributed by atoms with Crippen LogP contribution in [0.1, 0.15) is 16.1 Å². The Morgan fingerprint density at radius 2 is 2.05 bits per heavy atom. The third-order valence-corrected chi connectivity index (χ3v) is 4.59. The average molecular weight is 355 g/mol. The molecule has 3 rings (SSSR count). The highest BCUT2D eigenvalue weighted by molar-refractivity contribution is 9.10. The van der Waals surface area contributed by atoms with Gasteiger partial charge in [-0.15, -0.1) is 0 Å². The molecule has 1 saturated heterocycles. The SMILES string of the molecule is O=C(c1ccc(Br)o1)N1CCN(Cc2ccsc2)CC1. The molecule has 0 spiro atoms. The monoisotopic (exact) mass is 354 g/mol. The van der Waals surface area contributed by atoms with E-state index in [1.165, 1.54) is 5.56 Å². The van der Waals surface area contributed by atoms with E-state index >= 15 is 0 Å². The summed E-state index contributed by atoms with van der Waals surface area (Å²) in [5.41, 5.74) is 1.35. The van der Waals surface area contributed by atoms with Crippen LogP contribution in [0, 0.1) is 0 Å². The van der Waals surface area contributed by atoms with E-state index in [1.54, 1.807) is 23.5 Å². The summed E-state index contributed by atoms with van der Waals surface area (Å²) >= 11 is 4.95. The van der Waals surface area contributed by atoms with Gasteiger partial charge in [0, 0.05) is 32.7 Å². The topological polar surface area (TPSA) is 36.7 Å². The number of piperazine rings is 1. The van der Waals surface area contributed by atoms with Crippen LogP contribution >= 0.6 is 27.3 Å². The first-order valence-corrected chi connectivity index (χ1v) is 8.24. The van der Waals surface area contributed by atoms with Gasteiger partial charge in [0.05, 0.1) is 0 Å². The van der Waals surface area contributed by atoms with Crippen LogP contribution in [0.5, 0.6) is 0 Å². The Balaban J connectivity index is 1.54. The second-order valence-electron chi connectivity index (χ2n) is 4.80. The Morgan fingerprint density at radius 1 is 1.25 bits per heavy atom. The number of amides is 1. The molecule has 6 heteroatoms. The number of rotatable bonds is 3. The van der Waals surface area contributed by atoms with E-state index in [0.29, 0.717) is 10.4 Å². The molecular formula is C14H15BrN2O2S. The molecule has 0 aromatic carbocycles. The molecule has 3 heterocycles. The smallest absolute Gasteiger partial charge is 0.289 e. The van der Waals surface area contributed by atoms with Gasteiger partial charge in [-0.3, -0.25) is 9.69 Å². The molecule has 0 radical (unpaired) electrons. The van der Waals surface area contributed by atoms with E-state index in [9.17, 15) is 4.79 Å². The molecule has 0 atom stereocenters. The van der Waals surface area contributed by atoms with Gasteiger partial charge in [0.2, 0.25) is 0 Å². The zero-order valence-electron chi connectivity index (χ0n) is 10.9. The predicted molar refractivity (Wildman–Crippen MR) is 81.9 cm³/mol. The Bertz CT molecular complexity index is 574. The molecule has 0 N–H and O–H groups in total. The summed E-state index contributed by atoms with van der Waals surface area (Å²) in [7, 11) is 0. The summed E-state index contributed by atoms with van der Waals surface area (Å²) in [4.78, 5) is 16.5. The molecule has 2 aromatic heterocycles. The molecule has 0 saturated carbocycles. The number of nitrogens with zero attached hydrogens (tertiary/aromatic N) is 2. The average Bonchev–Trinajstić information content (AvgIpc) is 3.10. The zero-order valence-corrected chi connectivity index (χ0v) is 13.3. The summed E-state index contributed by atoms with van der Waals surface area (Å²) in [5.74, 6) is 0.383. The number of hydrogen-bond acceptors (Lipinski definition) is 4. The van der Waals surface area contributed by atoms with Crippen molar-refractivity contribution < 1.29 is 9.21 Å². The molecule has 1 amide bonds. The third-order valence-electron chi connectivity index (χ3n) is 3.43. The van der Waals surface area contributed by atoms with Gasteiger partial charge in [-0.05, 0) is 50.5 Å². The van der Waals surface area contributed by atoms with Crippen molar-refractivity contribution in [2.24, 2.45) is 0 Å². The van der Waals surface area contributed by atoms with Gasteiger partial charge in [0.15, 0.2) is 10.4 Å². The van der Waals surface area contributed by atoms with Crippen LogP contribution < -0.4 is 0 Å². The molecule has 0 bridgehead atoms. The number of hydrogen-bond donors (Lipinski definition) is 0. The van der Waals surface area contributed by atoms with Crippen molar-refractivity contribution in [3.05, 3.63) is 45.0 Å². The highest BCUT2D eigenvalue weighted by atomic mass is 79.9. The Hall–Kier alpha value is -1.11. The lowest BCUT2D eigenvalue weighted by Crippen LogP contribution is -2.48. The van der Waals surface area contributed by atoms with E-state index < -0.39 is 0 Å². The van der Waals surface area contributed by atoms with Crippen molar-refractivity contribution in [2.75, 3.05) is 26.2 Å². The van der Waals surface area contributed by atoms with Crippen molar-refractivity contribution >= 4 is 33.2 Å². The van der Waals surface area contributed by atoms with Crippen molar-refractivity contribution in [2.45, 2.75) is 6.54 Å². The van der Waals surface area contributed by atoms with E-state index in [-0.39, 0.29) is 5.91 Å². The van der Waals surface area contributed by atoms with E-state index in [2.05, 4.69) is 37.7 Å². The Morgan fingerprint density at radius 3 is 2.65 bits per heavy atom. The first-order valence-electron chi connectivity index (χ1n) is 6.50. The number of halogens is 1. The second-order valence-corrected chi connectivity index (χ2v) is 6.37. The Labute approximate surface area is 130 Å². The minimum absolute atomic E-state index is 0.0223. The summed E-state index contributed by atoms with van der Waals surface area (Å²) in [6.45, 7) is 4.29. The van der Waals surface area contributed by atoms with Crippen LogP contribution in [0.15, 0.2) is 38.0 Å². The van der Waals surface area contributed by atoms with E-state index in [1.807, 2.05) is 4.90 Å². The molecule has 1 aliphatic heterocycles. The fourth-order valence-electron chi connectivity index (χ4n) is 2.33. The minimum atomic E-state index is -0.0223. The minimum Gasteiger partial charge on any atom is -0.444 e. The number of carbonyl (C=O) groups is 1. The maximum atomic E-state index is 12.2. The molecule has 20 heavy (non-hydrogen) atoms. The maximum absolute atomic E-state index is 12.2. The molecule has 2 aromatic rings. The normalized spacial score (nSPS) is 16.6. The molecule has 1 fully saturated rings. The summed E-state index contributed by atoms with van der Waals surface area (Å²) < 4.78 is 5.92.